The van der Waals surface area contributed by atoms with Crippen LogP contribution in [0.2, 0.25) is 0 Å². The summed E-state index contributed by atoms with van der Waals surface area (Å²) >= 11 is 0. The maximum Gasteiger partial charge on any atom is 0.435 e. The van der Waals surface area contributed by atoms with Gasteiger partial charge in [-0.15, -0.1) is 0 Å². The van der Waals surface area contributed by atoms with Gasteiger partial charge in [-0.05, 0) is 18.6 Å². The number of rotatable bonds is 14. The van der Waals surface area contributed by atoms with E-state index in [0.29, 0.717) is 29.8 Å². The van der Waals surface area contributed by atoms with Crippen molar-refractivity contribution in [1.82, 2.24) is 29.5 Å². The zero-order chi connectivity index (χ0) is 31.1. The number of aromatic nitrogens is 5. The summed E-state index contributed by atoms with van der Waals surface area (Å²) in [6, 6.07) is 2.99. The molecule has 0 aliphatic rings. The molecule has 0 aliphatic heterocycles. The summed E-state index contributed by atoms with van der Waals surface area (Å²) in [7, 11) is 0. The minimum atomic E-state index is -4.93. The summed E-state index contributed by atoms with van der Waals surface area (Å²) in [5, 5.41) is 9.01. The molecule has 12 nitrogen and oxygen atoms in total. The number of anilines is 2. The quantitative estimate of drug-likeness (QED) is 0.111. The second kappa shape index (κ2) is 13.6. The SMILES string of the molecule is CCc1c(C(=O)NCCOCCN)ccc(Nc2nccn3c(-c4cn(CC(F)F)nc4C(F)(F)F)cnc23)c1OC=O. The summed E-state index contributed by atoms with van der Waals surface area (Å²) in [6.07, 6.45) is -2.91. The molecule has 0 saturated carbocycles. The van der Waals surface area contributed by atoms with Crippen molar-refractivity contribution in [3.8, 4) is 17.0 Å². The summed E-state index contributed by atoms with van der Waals surface area (Å²) < 4.78 is 79.3. The van der Waals surface area contributed by atoms with E-state index in [4.69, 9.17) is 15.2 Å². The average Bonchev–Trinajstić information content (AvgIpc) is 3.58. The third-order valence-electron chi connectivity index (χ3n) is 6.13. The molecule has 1 aromatic carbocycles. The van der Waals surface area contributed by atoms with E-state index in [2.05, 4.69) is 25.7 Å². The van der Waals surface area contributed by atoms with E-state index < -0.39 is 36.3 Å². The monoisotopic (exact) mass is 610 g/mol. The number of hydrogen-bond acceptors (Lipinski definition) is 9. The number of hydrogen-bond donors (Lipinski definition) is 3. The fourth-order valence-corrected chi connectivity index (χ4v) is 4.38. The highest BCUT2D eigenvalue weighted by atomic mass is 19.4. The Labute approximate surface area is 241 Å². The molecular weight excluding hydrogens is 583 g/mol. The zero-order valence-corrected chi connectivity index (χ0v) is 22.7. The van der Waals surface area contributed by atoms with E-state index in [1.54, 1.807) is 6.92 Å². The van der Waals surface area contributed by atoms with Crippen LogP contribution in [0.4, 0.5) is 33.5 Å². The lowest BCUT2D eigenvalue weighted by Crippen LogP contribution is -2.29. The van der Waals surface area contributed by atoms with Crippen LogP contribution in [0.3, 0.4) is 0 Å². The van der Waals surface area contributed by atoms with Crippen LogP contribution in [0.25, 0.3) is 16.9 Å². The molecule has 1 amide bonds. The summed E-state index contributed by atoms with van der Waals surface area (Å²) in [5.41, 5.74) is 4.42. The second-order valence-corrected chi connectivity index (χ2v) is 8.93. The van der Waals surface area contributed by atoms with Gasteiger partial charge in [0.2, 0.25) is 0 Å². The first-order valence-corrected chi connectivity index (χ1v) is 12.9. The van der Waals surface area contributed by atoms with Crippen molar-refractivity contribution < 1.29 is 41.0 Å². The lowest BCUT2D eigenvalue weighted by molar-refractivity contribution is -0.141. The van der Waals surface area contributed by atoms with Gasteiger partial charge in [-0.25, -0.2) is 18.7 Å². The van der Waals surface area contributed by atoms with Crippen LogP contribution in [-0.2, 0) is 28.7 Å². The van der Waals surface area contributed by atoms with E-state index >= 15 is 0 Å². The Hall–Kier alpha value is -4.64. The zero-order valence-electron chi connectivity index (χ0n) is 22.7. The van der Waals surface area contributed by atoms with Crippen LogP contribution >= 0.6 is 0 Å². The number of nitrogens with one attached hydrogen (secondary N) is 2. The highest BCUT2D eigenvalue weighted by Crippen LogP contribution is 2.38. The Kier molecular flexibility index (Phi) is 9.87. The van der Waals surface area contributed by atoms with Gasteiger partial charge in [0.05, 0.1) is 36.4 Å². The van der Waals surface area contributed by atoms with Crippen molar-refractivity contribution >= 4 is 29.5 Å². The minimum absolute atomic E-state index is 0.0350. The summed E-state index contributed by atoms with van der Waals surface area (Å²) in [6.45, 7) is 2.09. The first-order chi connectivity index (χ1) is 20.6. The number of imidazole rings is 1. The van der Waals surface area contributed by atoms with Gasteiger partial charge < -0.3 is 25.8 Å². The Morgan fingerprint density at radius 2 is 2.00 bits per heavy atom. The van der Waals surface area contributed by atoms with Crippen LogP contribution in [0.1, 0.15) is 28.5 Å². The van der Waals surface area contributed by atoms with Crippen molar-refractivity contribution in [2.45, 2.75) is 32.5 Å². The number of carbonyl (C=O) groups excluding carboxylic acids is 2. The highest BCUT2D eigenvalue weighted by Gasteiger charge is 2.38. The number of carbonyl (C=O) groups is 2. The fraction of sp³-hybridized carbons (Fsp3) is 0.346. The van der Waals surface area contributed by atoms with Crippen LogP contribution in [0, 0.1) is 0 Å². The molecule has 230 valence electrons. The molecule has 4 aromatic rings. The number of fused-ring (bicyclic) bond motifs is 1. The first-order valence-electron chi connectivity index (χ1n) is 12.9. The molecule has 0 unspecified atom stereocenters. The highest BCUT2D eigenvalue weighted by molar-refractivity contribution is 5.97. The third kappa shape index (κ3) is 7.06. The van der Waals surface area contributed by atoms with E-state index in [1.807, 2.05) is 0 Å². The number of nitrogens with zero attached hydrogens (tertiary/aromatic N) is 5. The van der Waals surface area contributed by atoms with Crippen molar-refractivity contribution in [2.24, 2.45) is 5.73 Å². The van der Waals surface area contributed by atoms with Crippen LogP contribution in [0.15, 0.2) is 36.9 Å². The smallest absolute Gasteiger partial charge is 0.426 e. The van der Waals surface area contributed by atoms with E-state index in [9.17, 15) is 31.5 Å². The van der Waals surface area contributed by atoms with Crippen molar-refractivity contribution in [1.29, 1.82) is 0 Å². The normalized spacial score (nSPS) is 11.7. The molecule has 4 N–H and O–H groups in total. The Bertz CT molecular complexity index is 1590. The molecule has 0 spiro atoms. The molecule has 0 atom stereocenters. The number of alkyl halides is 5. The van der Waals surface area contributed by atoms with E-state index in [1.165, 1.54) is 28.9 Å². The van der Waals surface area contributed by atoms with Gasteiger partial charge in [0.15, 0.2) is 22.9 Å². The molecule has 0 saturated heterocycles. The topological polar surface area (TPSA) is 151 Å². The molecule has 0 fully saturated rings. The van der Waals surface area contributed by atoms with Gasteiger partial charge in [-0.2, -0.15) is 18.3 Å². The number of halogens is 5. The van der Waals surface area contributed by atoms with Gasteiger partial charge in [-0.1, -0.05) is 6.92 Å². The van der Waals surface area contributed by atoms with Crippen molar-refractivity contribution in [2.75, 3.05) is 31.6 Å². The maximum atomic E-state index is 13.8. The van der Waals surface area contributed by atoms with Crippen LogP contribution in [0.5, 0.6) is 5.75 Å². The van der Waals surface area contributed by atoms with Gasteiger partial charge in [-0.3, -0.25) is 18.7 Å². The Balaban J connectivity index is 1.70. The largest absolute Gasteiger partial charge is 0.435 e. The number of ether oxygens (including phenoxy) is 2. The Morgan fingerprint density at radius 1 is 1.21 bits per heavy atom. The summed E-state index contributed by atoms with van der Waals surface area (Å²) in [5.74, 6) is -0.330. The molecule has 0 bridgehead atoms. The van der Waals surface area contributed by atoms with Gasteiger partial charge in [0, 0.05) is 42.8 Å². The number of amides is 1. The van der Waals surface area contributed by atoms with Gasteiger partial charge >= 0.3 is 6.18 Å². The Morgan fingerprint density at radius 3 is 2.67 bits per heavy atom. The fourth-order valence-electron chi connectivity index (χ4n) is 4.38. The lowest BCUT2D eigenvalue weighted by Gasteiger charge is -2.17. The molecule has 0 aliphatic carbocycles. The molecule has 43 heavy (non-hydrogen) atoms. The van der Waals surface area contributed by atoms with E-state index in [-0.39, 0.29) is 53.8 Å². The number of nitrogens with two attached hydrogens (primary N) is 1. The number of benzene rings is 1. The molecular formula is C26H27F5N8O4. The first kappa shape index (κ1) is 31.3. The van der Waals surface area contributed by atoms with E-state index in [0.717, 1.165) is 12.4 Å². The predicted molar refractivity (Wildman–Crippen MR) is 143 cm³/mol. The van der Waals surface area contributed by atoms with Crippen LogP contribution < -0.4 is 21.1 Å². The molecule has 4 rings (SSSR count). The minimum Gasteiger partial charge on any atom is -0.426 e. The average molecular weight is 611 g/mol. The molecule has 17 heteroatoms. The standard InChI is InChI=1S/C26H27F5N8O4/c1-2-15-16(25(41)34-7-10-42-9-5-32)3-4-18(21(15)43-14-40)36-23-24-35-11-19(39(24)8-6-33-23)17-12-38(13-20(27)28)37-22(17)26(29,30)31/h3-4,6,8,11-12,14,20H,2,5,7,9-10,13,32H2,1H3,(H,33,36)(H,34,41). The molecule has 3 heterocycles. The molecule has 0 radical (unpaired) electrons. The summed E-state index contributed by atoms with van der Waals surface area (Å²) in [4.78, 5) is 32.7. The third-order valence-corrected chi connectivity index (χ3v) is 6.13. The predicted octanol–water partition coefficient (Wildman–Crippen LogP) is 3.42. The lowest BCUT2D eigenvalue weighted by atomic mass is 10.0. The maximum absolute atomic E-state index is 13.8. The van der Waals surface area contributed by atoms with Gasteiger partial charge in [0.25, 0.3) is 18.8 Å². The van der Waals surface area contributed by atoms with Crippen molar-refractivity contribution in [3.63, 3.8) is 0 Å². The van der Waals surface area contributed by atoms with Gasteiger partial charge in [0.1, 0.15) is 6.54 Å². The van der Waals surface area contributed by atoms with Crippen LogP contribution in [-0.4, -0.2) is 69.3 Å². The second-order valence-electron chi connectivity index (χ2n) is 8.93. The molecule has 3 aromatic heterocycles. The van der Waals surface area contributed by atoms with Crippen molar-refractivity contribution in [3.05, 3.63) is 53.7 Å².